The summed E-state index contributed by atoms with van der Waals surface area (Å²) < 4.78 is 2.01. The molecule has 5 nitrogen and oxygen atoms in total. The van der Waals surface area contributed by atoms with Crippen LogP contribution in [0.2, 0.25) is 0 Å². The summed E-state index contributed by atoms with van der Waals surface area (Å²) in [6.45, 7) is 3.23. The Balaban J connectivity index is 1.58. The van der Waals surface area contributed by atoms with Gasteiger partial charge >= 0.3 is 0 Å². The number of carbonyl (C=O) groups is 2. The van der Waals surface area contributed by atoms with E-state index in [1.165, 1.54) is 0 Å². The first kappa shape index (κ1) is 16.3. The summed E-state index contributed by atoms with van der Waals surface area (Å²) in [5, 5.41) is 3.01. The fourth-order valence-electron chi connectivity index (χ4n) is 3.02. The molecule has 1 fully saturated rings. The number of piperidine rings is 1. The van der Waals surface area contributed by atoms with Gasteiger partial charge < -0.3 is 14.8 Å². The monoisotopic (exact) mass is 325 g/mol. The molecule has 24 heavy (non-hydrogen) atoms. The second-order valence-electron chi connectivity index (χ2n) is 6.12. The van der Waals surface area contributed by atoms with E-state index in [-0.39, 0.29) is 17.9 Å². The molecule has 0 spiro atoms. The van der Waals surface area contributed by atoms with E-state index in [1.807, 2.05) is 65.2 Å². The quantitative estimate of drug-likeness (QED) is 0.939. The summed E-state index contributed by atoms with van der Waals surface area (Å²) in [4.78, 5) is 25.9. The van der Waals surface area contributed by atoms with Gasteiger partial charge in [-0.05, 0) is 49.2 Å². The minimum Gasteiger partial charge on any atom is -0.353 e. The van der Waals surface area contributed by atoms with E-state index >= 15 is 0 Å². The molecule has 1 aliphatic heterocycles. The van der Waals surface area contributed by atoms with Crippen molar-refractivity contribution in [1.29, 1.82) is 0 Å². The van der Waals surface area contributed by atoms with Crippen LogP contribution in [0.3, 0.4) is 0 Å². The lowest BCUT2D eigenvalue weighted by Crippen LogP contribution is -2.46. The summed E-state index contributed by atoms with van der Waals surface area (Å²) >= 11 is 0. The van der Waals surface area contributed by atoms with Gasteiger partial charge in [0.15, 0.2) is 0 Å². The summed E-state index contributed by atoms with van der Waals surface area (Å²) in [6.07, 6.45) is 6.10. The highest BCUT2D eigenvalue weighted by Gasteiger charge is 2.24. The molecule has 1 aromatic heterocycles. The Morgan fingerprint density at radius 1 is 1.08 bits per heavy atom. The number of aromatic nitrogens is 1. The third-order valence-electron chi connectivity index (χ3n) is 4.49. The minimum absolute atomic E-state index is 0.0642. The molecule has 1 N–H and O–H groups in total. The number of carbonyl (C=O) groups excluding carboxylic acids is 2. The molecule has 0 atom stereocenters. The largest absolute Gasteiger partial charge is 0.353 e. The first-order valence-corrected chi connectivity index (χ1v) is 8.49. The van der Waals surface area contributed by atoms with Gasteiger partial charge in [-0.1, -0.05) is 6.92 Å². The first-order valence-electron chi connectivity index (χ1n) is 8.49. The smallest absolute Gasteiger partial charge is 0.253 e. The van der Waals surface area contributed by atoms with Crippen molar-refractivity contribution in [1.82, 2.24) is 14.8 Å². The van der Waals surface area contributed by atoms with E-state index in [0.29, 0.717) is 25.1 Å². The predicted octanol–water partition coefficient (Wildman–Crippen LogP) is 2.61. The number of benzene rings is 1. The number of amides is 2. The van der Waals surface area contributed by atoms with Gasteiger partial charge in [-0.15, -0.1) is 0 Å². The average molecular weight is 325 g/mol. The minimum atomic E-state index is 0.0642. The lowest BCUT2D eigenvalue weighted by atomic mass is 10.0. The van der Waals surface area contributed by atoms with Crippen molar-refractivity contribution in [2.75, 3.05) is 13.1 Å². The van der Waals surface area contributed by atoms with Crippen LogP contribution in [0.5, 0.6) is 0 Å². The van der Waals surface area contributed by atoms with Crippen LogP contribution in [0.25, 0.3) is 5.69 Å². The normalized spacial score (nSPS) is 15.3. The van der Waals surface area contributed by atoms with E-state index in [2.05, 4.69) is 5.32 Å². The highest BCUT2D eigenvalue weighted by molar-refractivity contribution is 5.94. The van der Waals surface area contributed by atoms with Crippen LogP contribution in [-0.4, -0.2) is 40.4 Å². The molecule has 1 aromatic carbocycles. The topological polar surface area (TPSA) is 54.3 Å². The van der Waals surface area contributed by atoms with Crippen molar-refractivity contribution in [2.24, 2.45) is 0 Å². The SMILES string of the molecule is CCC(=O)NC1CCN(C(=O)c2ccc(-n3cccc3)cc2)CC1. The molecule has 0 unspecified atom stereocenters. The van der Waals surface area contributed by atoms with Gasteiger partial charge in [0.1, 0.15) is 0 Å². The molecule has 1 saturated heterocycles. The molecule has 3 rings (SSSR count). The van der Waals surface area contributed by atoms with Crippen molar-refractivity contribution in [2.45, 2.75) is 32.2 Å². The van der Waals surface area contributed by atoms with Crippen LogP contribution in [0.4, 0.5) is 0 Å². The summed E-state index contributed by atoms with van der Waals surface area (Å²) in [7, 11) is 0. The Bertz CT molecular complexity index is 684. The van der Waals surface area contributed by atoms with E-state index in [9.17, 15) is 9.59 Å². The van der Waals surface area contributed by atoms with Crippen molar-refractivity contribution in [3.8, 4) is 5.69 Å². The molecule has 126 valence electrons. The number of nitrogens with one attached hydrogen (secondary N) is 1. The van der Waals surface area contributed by atoms with Gasteiger partial charge in [-0.2, -0.15) is 0 Å². The molecular weight excluding hydrogens is 302 g/mol. The van der Waals surface area contributed by atoms with E-state index in [1.54, 1.807) is 0 Å². The predicted molar refractivity (Wildman–Crippen MR) is 93.1 cm³/mol. The zero-order valence-corrected chi connectivity index (χ0v) is 13.9. The van der Waals surface area contributed by atoms with E-state index < -0.39 is 0 Å². The molecule has 2 heterocycles. The highest BCUT2D eigenvalue weighted by Crippen LogP contribution is 2.16. The number of hydrogen-bond donors (Lipinski definition) is 1. The lowest BCUT2D eigenvalue weighted by molar-refractivity contribution is -0.121. The number of likely N-dealkylation sites (tertiary alicyclic amines) is 1. The zero-order chi connectivity index (χ0) is 16.9. The first-order chi connectivity index (χ1) is 11.7. The van der Waals surface area contributed by atoms with Crippen molar-refractivity contribution in [3.05, 3.63) is 54.4 Å². The maximum Gasteiger partial charge on any atom is 0.253 e. The Labute approximate surface area is 142 Å². The molecule has 1 aliphatic rings. The standard InChI is InChI=1S/C19H23N3O2/c1-2-18(23)20-16-9-13-22(14-10-16)19(24)15-5-7-17(8-6-15)21-11-3-4-12-21/h3-8,11-12,16H,2,9-10,13-14H2,1H3,(H,20,23). The molecular formula is C19H23N3O2. The maximum atomic E-state index is 12.6. The van der Waals surface area contributed by atoms with E-state index in [4.69, 9.17) is 0 Å². The van der Waals surface area contributed by atoms with Crippen LogP contribution in [0, 0.1) is 0 Å². The van der Waals surface area contributed by atoms with Crippen LogP contribution < -0.4 is 5.32 Å². The Hall–Kier alpha value is -2.56. The van der Waals surface area contributed by atoms with Gasteiger partial charge in [0.25, 0.3) is 5.91 Å². The molecule has 0 radical (unpaired) electrons. The molecule has 0 aliphatic carbocycles. The van der Waals surface area contributed by atoms with Gasteiger partial charge in [-0.3, -0.25) is 9.59 Å². The van der Waals surface area contributed by atoms with Crippen molar-refractivity contribution in [3.63, 3.8) is 0 Å². The van der Waals surface area contributed by atoms with Crippen LogP contribution in [0.1, 0.15) is 36.5 Å². The van der Waals surface area contributed by atoms with Gasteiger partial charge in [0.2, 0.25) is 5.91 Å². The highest BCUT2D eigenvalue weighted by atomic mass is 16.2. The third kappa shape index (κ3) is 3.67. The molecule has 5 heteroatoms. The fraction of sp³-hybridized carbons (Fsp3) is 0.368. The van der Waals surface area contributed by atoms with Crippen molar-refractivity contribution >= 4 is 11.8 Å². The fourth-order valence-corrected chi connectivity index (χ4v) is 3.02. The Morgan fingerprint density at radius 3 is 2.29 bits per heavy atom. The van der Waals surface area contributed by atoms with Gasteiger partial charge in [-0.25, -0.2) is 0 Å². The molecule has 0 bridgehead atoms. The van der Waals surface area contributed by atoms with Crippen LogP contribution in [-0.2, 0) is 4.79 Å². The number of nitrogens with zero attached hydrogens (tertiary/aromatic N) is 2. The number of rotatable bonds is 4. The zero-order valence-electron chi connectivity index (χ0n) is 13.9. The van der Waals surface area contributed by atoms with Crippen molar-refractivity contribution < 1.29 is 9.59 Å². The molecule has 2 amide bonds. The molecule has 0 saturated carbocycles. The summed E-state index contributed by atoms with van der Waals surface area (Å²) in [5.41, 5.74) is 1.75. The third-order valence-corrected chi connectivity index (χ3v) is 4.49. The Kier molecular flexibility index (Phi) is 4.99. The Morgan fingerprint density at radius 2 is 1.71 bits per heavy atom. The average Bonchev–Trinajstić information content (AvgIpc) is 3.16. The second-order valence-corrected chi connectivity index (χ2v) is 6.12. The van der Waals surface area contributed by atoms with E-state index in [0.717, 1.165) is 18.5 Å². The second kappa shape index (κ2) is 7.34. The van der Waals surface area contributed by atoms with Gasteiger partial charge in [0.05, 0.1) is 0 Å². The van der Waals surface area contributed by atoms with Crippen LogP contribution >= 0.6 is 0 Å². The maximum absolute atomic E-state index is 12.6. The summed E-state index contributed by atoms with van der Waals surface area (Å²) in [6, 6.07) is 11.8. The van der Waals surface area contributed by atoms with Crippen LogP contribution in [0.15, 0.2) is 48.8 Å². The van der Waals surface area contributed by atoms with Gasteiger partial charge in [0, 0.05) is 49.2 Å². The lowest BCUT2D eigenvalue weighted by Gasteiger charge is -2.32. The summed E-state index contributed by atoms with van der Waals surface area (Å²) in [5.74, 6) is 0.148. The molecule has 2 aromatic rings. The number of hydrogen-bond acceptors (Lipinski definition) is 2.